The third-order valence-electron chi connectivity index (χ3n) is 3.46. The van der Waals surface area contributed by atoms with Crippen LogP contribution in [0.5, 0.6) is 0 Å². The van der Waals surface area contributed by atoms with Crippen LogP contribution in [0.25, 0.3) is 11.3 Å². The van der Waals surface area contributed by atoms with Crippen molar-refractivity contribution in [3.8, 4) is 17.3 Å². The molecule has 0 aliphatic rings. The van der Waals surface area contributed by atoms with Crippen molar-refractivity contribution in [3.63, 3.8) is 0 Å². The highest BCUT2D eigenvalue weighted by molar-refractivity contribution is 6.04. The van der Waals surface area contributed by atoms with Crippen LogP contribution in [0.4, 0.5) is 5.69 Å². The normalized spacial score (nSPS) is 10.0. The molecule has 3 N–H and O–H groups in total. The Bertz CT molecular complexity index is 969. The van der Waals surface area contributed by atoms with Crippen LogP contribution in [0.1, 0.15) is 26.4 Å². The number of aromatic carboxylic acids is 1. The van der Waals surface area contributed by atoms with Gasteiger partial charge in [0.15, 0.2) is 5.69 Å². The van der Waals surface area contributed by atoms with Gasteiger partial charge < -0.3 is 10.4 Å². The number of hydrogen-bond acceptors (Lipinski definition) is 5. The van der Waals surface area contributed by atoms with Gasteiger partial charge in [0, 0.05) is 16.8 Å². The Morgan fingerprint density at radius 1 is 1.00 bits per heavy atom. The van der Waals surface area contributed by atoms with Gasteiger partial charge >= 0.3 is 5.97 Å². The Balaban J connectivity index is 1.74. The summed E-state index contributed by atoms with van der Waals surface area (Å²) in [5.74, 6) is -1.41. The lowest BCUT2D eigenvalue weighted by Crippen LogP contribution is -2.12. The van der Waals surface area contributed by atoms with E-state index in [-0.39, 0.29) is 17.2 Å². The van der Waals surface area contributed by atoms with E-state index in [2.05, 4.69) is 20.7 Å². The largest absolute Gasteiger partial charge is 0.478 e. The summed E-state index contributed by atoms with van der Waals surface area (Å²) in [6.45, 7) is 0. The number of aromatic nitrogens is 3. The van der Waals surface area contributed by atoms with Gasteiger partial charge in [0.1, 0.15) is 11.8 Å². The summed E-state index contributed by atoms with van der Waals surface area (Å²) in [7, 11) is 0. The fourth-order valence-corrected chi connectivity index (χ4v) is 2.19. The van der Waals surface area contributed by atoms with Crippen LogP contribution in [0, 0.1) is 11.3 Å². The number of carboxylic acid groups (broad SMARTS) is 1. The highest BCUT2D eigenvalue weighted by atomic mass is 16.4. The Labute approximate surface area is 141 Å². The molecule has 1 heterocycles. The van der Waals surface area contributed by atoms with Gasteiger partial charge in [0.05, 0.1) is 5.56 Å². The second-order valence-corrected chi connectivity index (χ2v) is 5.05. The maximum atomic E-state index is 12.2. The molecular formula is C17H11N5O3. The van der Waals surface area contributed by atoms with E-state index in [1.165, 1.54) is 24.3 Å². The van der Waals surface area contributed by atoms with Crippen LogP contribution < -0.4 is 5.32 Å². The predicted octanol–water partition coefficient (Wildman–Crippen LogP) is 2.29. The number of nitrogens with one attached hydrogen (secondary N) is 2. The molecule has 0 atom stereocenters. The molecule has 122 valence electrons. The number of aromatic amines is 1. The zero-order valence-corrected chi connectivity index (χ0v) is 12.7. The maximum absolute atomic E-state index is 12.2. The molecule has 0 spiro atoms. The van der Waals surface area contributed by atoms with Gasteiger partial charge in [-0.05, 0) is 36.4 Å². The Morgan fingerprint density at radius 2 is 1.64 bits per heavy atom. The van der Waals surface area contributed by atoms with Gasteiger partial charge in [-0.1, -0.05) is 12.1 Å². The van der Waals surface area contributed by atoms with E-state index in [1.54, 1.807) is 24.3 Å². The topological polar surface area (TPSA) is 132 Å². The molecule has 3 rings (SSSR count). The van der Waals surface area contributed by atoms with Crippen LogP contribution in [0.2, 0.25) is 0 Å². The quantitative estimate of drug-likeness (QED) is 0.671. The number of nitriles is 1. The average molecular weight is 333 g/mol. The number of amides is 1. The molecule has 0 saturated heterocycles. The number of rotatable bonds is 4. The highest BCUT2D eigenvalue weighted by Gasteiger charge is 2.11. The van der Waals surface area contributed by atoms with E-state index in [4.69, 9.17) is 10.4 Å². The van der Waals surface area contributed by atoms with Gasteiger partial charge in [0.25, 0.3) is 5.91 Å². The molecule has 0 bridgehead atoms. The third kappa shape index (κ3) is 3.35. The van der Waals surface area contributed by atoms with Crippen LogP contribution in [0.3, 0.4) is 0 Å². The molecule has 0 aliphatic carbocycles. The highest BCUT2D eigenvalue weighted by Crippen LogP contribution is 2.21. The number of H-pyrrole nitrogens is 1. The monoisotopic (exact) mass is 333 g/mol. The molecule has 2 aromatic carbocycles. The SMILES string of the molecule is N#Cc1n[nH]nc1-c1ccc(NC(=O)c2ccc(C(=O)O)cc2)cc1. The minimum atomic E-state index is -1.05. The first-order valence-corrected chi connectivity index (χ1v) is 7.14. The van der Waals surface area contributed by atoms with Gasteiger partial charge in [-0.25, -0.2) is 4.79 Å². The van der Waals surface area contributed by atoms with E-state index >= 15 is 0 Å². The summed E-state index contributed by atoms with van der Waals surface area (Å²) in [5.41, 5.74) is 2.33. The number of benzene rings is 2. The van der Waals surface area contributed by atoms with Gasteiger partial charge in [-0.2, -0.15) is 15.6 Å². The number of anilines is 1. The van der Waals surface area contributed by atoms with E-state index in [1.807, 2.05) is 6.07 Å². The molecule has 0 unspecified atom stereocenters. The summed E-state index contributed by atoms with van der Waals surface area (Å²) in [5, 5.41) is 30.6. The lowest BCUT2D eigenvalue weighted by molar-refractivity contribution is 0.0696. The van der Waals surface area contributed by atoms with E-state index in [0.29, 0.717) is 22.5 Å². The van der Waals surface area contributed by atoms with Crippen molar-refractivity contribution in [2.75, 3.05) is 5.32 Å². The number of nitrogens with zero attached hydrogens (tertiary/aromatic N) is 3. The smallest absolute Gasteiger partial charge is 0.335 e. The van der Waals surface area contributed by atoms with Crippen molar-refractivity contribution in [2.24, 2.45) is 0 Å². The van der Waals surface area contributed by atoms with E-state index in [9.17, 15) is 9.59 Å². The van der Waals surface area contributed by atoms with Crippen LogP contribution in [-0.2, 0) is 0 Å². The molecule has 0 aliphatic heterocycles. The Kier molecular flexibility index (Phi) is 4.22. The summed E-state index contributed by atoms with van der Waals surface area (Å²) >= 11 is 0. The number of hydrogen-bond donors (Lipinski definition) is 3. The lowest BCUT2D eigenvalue weighted by atomic mass is 10.1. The van der Waals surface area contributed by atoms with Gasteiger partial charge in [-0.3, -0.25) is 4.79 Å². The van der Waals surface area contributed by atoms with Crippen molar-refractivity contribution in [1.29, 1.82) is 5.26 Å². The Hall–Kier alpha value is -3.99. The van der Waals surface area contributed by atoms with Crippen molar-refractivity contribution < 1.29 is 14.7 Å². The van der Waals surface area contributed by atoms with Crippen molar-refractivity contribution in [1.82, 2.24) is 15.4 Å². The molecule has 8 heteroatoms. The molecule has 0 fully saturated rings. The van der Waals surface area contributed by atoms with Crippen molar-refractivity contribution >= 4 is 17.6 Å². The third-order valence-corrected chi connectivity index (χ3v) is 3.46. The molecule has 3 aromatic rings. The van der Waals surface area contributed by atoms with Crippen LogP contribution in [-0.4, -0.2) is 32.4 Å². The molecule has 1 aromatic heterocycles. The molecule has 25 heavy (non-hydrogen) atoms. The fraction of sp³-hybridized carbons (Fsp3) is 0. The van der Waals surface area contributed by atoms with E-state index in [0.717, 1.165) is 0 Å². The minimum Gasteiger partial charge on any atom is -0.478 e. The average Bonchev–Trinajstić information content (AvgIpc) is 3.11. The first kappa shape index (κ1) is 15.9. The zero-order chi connectivity index (χ0) is 17.8. The molecule has 8 nitrogen and oxygen atoms in total. The number of carbonyl (C=O) groups excluding carboxylic acids is 1. The summed E-state index contributed by atoms with van der Waals surface area (Å²) in [4.78, 5) is 23.0. The Morgan fingerprint density at radius 3 is 2.24 bits per heavy atom. The standard InChI is InChI=1S/C17H11N5O3/c18-9-14-15(21-22-20-14)10-5-7-13(8-6-10)19-16(23)11-1-3-12(4-2-11)17(24)25/h1-8H,(H,19,23)(H,24,25)(H,20,21,22). The van der Waals surface area contributed by atoms with Crippen LogP contribution in [0.15, 0.2) is 48.5 Å². The maximum Gasteiger partial charge on any atom is 0.335 e. The first-order chi connectivity index (χ1) is 12.1. The number of carbonyl (C=O) groups is 2. The second kappa shape index (κ2) is 6.64. The van der Waals surface area contributed by atoms with Crippen molar-refractivity contribution in [2.45, 2.75) is 0 Å². The minimum absolute atomic E-state index is 0.113. The van der Waals surface area contributed by atoms with Gasteiger partial charge in [0.2, 0.25) is 0 Å². The lowest BCUT2D eigenvalue weighted by Gasteiger charge is -2.06. The summed E-state index contributed by atoms with van der Waals surface area (Å²) < 4.78 is 0. The fourth-order valence-electron chi connectivity index (χ4n) is 2.19. The number of carboxylic acids is 1. The zero-order valence-electron chi connectivity index (χ0n) is 12.7. The van der Waals surface area contributed by atoms with E-state index < -0.39 is 5.97 Å². The predicted molar refractivity (Wildman–Crippen MR) is 87.9 cm³/mol. The molecule has 1 amide bonds. The molecule has 0 radical (unpaired) electrons. The van der Waals surface area contributed by atoms with Crippen molar-refractivity contribution in [3.05, 3.63) is 65.4 Å². The summed E-state index contributed by atoms with van der Waals surface area (Å²) in [6.07, 6.45) is 0. The second-order valence-electron chi connectivity index (χ2n) is 5.05. The van der Waals surface area contributed by atoms with Crippen LogP contribution >= 0.6 is 0 Å². The summed E-state index contributed by atoms with van der Waals surface area (Å²) in [6, 6.07) is 14.3. The van der Waals surface area contributed by atoms with Gasteiger partial charge in [-0.15, -0.1) is 5.10 Å². The molecular weight excluding hydrogens is 322 g/mol. The molecule has 0 saturated carbocycles. The first-order valence-electron chi connectivity index (χ1n) is 7.14.